The minimum atomic E-state index is 0.789. The van der Waals surface area contributed by atoms with Gasteiger partial charge in [0.2, 0.25) is 4.80 Å². The number of thiazole rings is 2. The molecule has 0 aliphatic carbocycles. The summed E-state index contributed by atoms with van der Waals surface area (Å²) in [5.74, 6) is 0. The Morgan fingerprint density at radius 2 is 1.36 bits per heavy atom. The van der Waals surface area contributed by atoms with Gasteiger partial charge in [0.05, 0.1) is 38.5 Å². The third kappa shape index (κ3) is 4.21. The van der Waals surface area contributed by atoms with Gasteiger partial charge in [0.1, 0.15) is 11.2 Å². The van der Waals surface area contributed by atoms with Crippen LogP contribution in [0.2, 0.25) is 0 Å². The van der Waals surface area contributed by atoms with Crippen LogP contribution >= 0.6 is 22.7 Å². The highest BCUT2D eigenvalue weighted by Crippen LogP contribution is 2.30. The number of benzene rings is 4. The average molecular weight is 508 g/mol. The molecule has 2 heterocycles. The number of azo groups is 1. The topological polar surface area (TPSA) is 49.1 Å². The minimum absolute atomic E-state index is 0.789. The van der Waals surface area contributed by atoms with Gasteiger partial charge in [-0.05, 0) is 77.1 Å². The second-order valence-corrected chi connectivity index (χ2v) is 10.3. The minimum Gasteiger partial charge on any atom is -0.318 e. The number of anilines is 2. The molecule has 36 heavy (non-hydrogen) atoms. The van der Waals surface area contributed by atoms with E-state index in [1.54, 1.807) is 22.7 Å². The molecule has 0 spiro atoms. The van der Waals surface area contributed by atoms with Crippen molar-refractivity contribution < 1.29 is 4.57 Å². The second-order valence-electron chi connectivity index (χ2n) is 8.29. The van der Waals surface area contributed by atoms with E-state index in [4.69, 9.17) is 5.10 Å². The molecule has 0 fully saturated rings. The Morgan fingerprint density at radius 3 is 2.11 bits per heavy atom. The van der Waals surface area contributed by atoms with Crippen LogP contribution < -0.4 is 14.4 Å². The normalized spacial score (nSPS) is 12.2. The predicted octanol–water partition coefficient (Wildman–Crippen LogP) is 7.35. The first kappa shape index (κ1) is 22.3. The lowest BCUT2D eigenvalue weighted by Crippen LogP contribution is -2.25. The average Bonchev–Trinajstić information content (AvgIpc) is 3.43. The van der Waals surface area contributed by atoms with E-state index in [1.807, 2.05) is 66.7 Å². The van der Waals surface area contributed by atoms with Crippen molar-refractivity contribution in [1.82, 2.24) is 4.57 Å². The molecule has 0 amide bonds. The van der Waals surface area contributed by atoms with Crippen LogP contribution in [0.4, 0.5) is 22.2 Å². The fraction of sp³-hybridized carbons (Fsp3) is 0.0714. The summed E-state index contributed by atoms with van der Waals surface area (Å²) in [5, 5.41) is 16.9. The highest BCUT2D eigenvalue weighted by Gasteiger charge is 2.15. The van der Waals surface area contributed by atoms with Gasteiger partial charge in [-0.15, -0.1) is 5.10 Å². The SMILES string of the molecule is Cn1c(=NN(c2ccccc2)c2ccc(N=Nc3sc4ccccc4[n+]3C)cc2)sc2ccccc21. The molecule has 0 saturated carbocycles. The van der Waals surface area contributed by atoms with Gasteiger partial charge in [0, 0.05) is 7.05 Å². The van der Waals surface area contributed by atoms with Crippen LogP contribution in [0.5, 0.6) is 0 Å². The molecule has 0 unspecified atom stereocenters. The number of para-hydroxylation sites is 3. The van der Waals surface area contributed by atoms with Gasteiger partial charge in [-0.3, -0.25) is 0 Å². The highest BCUT2D eigenvalue weighted by molar-refractivity contribution is 7.21. The first-order valence-corrected chi connectivity index (χ1v) is 13.1. The number of hydrogen-bond donors (Lipinski definition) is 0. The third-order valence-electron chi connectivity index (χ3n) is 5.96. The molecule has 0 radical (unpaired) electrons. The van der Waals surface area contributed by atoms with E-state index in [2.05, 4.69) is 74.9 Å². The van der Waals surface area contributed by atoms with Crippen LogP contribution in [0.15, 0.2) is 118 Å². The molecule has 0 atom stereocenters. The summed E-state index contributed by atoms with van der Waals surface area (Å²) in [4.78, 5) is 0.918. The molecule has 0 aliphatic rings. The summed E-state index contributed by atoms with van der Waals surface area (Å²) in [6, 6.07) is 34.8. The maximum Gasteiger partial charge on any atom is 0.409 e. The van der Waals surface area contributed by atoms with Gasteiger partial charge in [0.25, 0.3) is 0 Å². The molecule has 6 aromatic rings. The Kier molecular flexibility index (Phi) is 5.88. The number of hydrogen-bond acceptors (Lipinski definition) is 6. The molecule has 8 heteroatoms. The quantitative estimate of drug-likeness (QED) is 0.137. The zero-order valence-electron chi connectivity index (χ0n) is 19.8. The van der Waals surface area contributed by atoms with Crippen LogP contribution in [-0.2, 0) is 14.1 Å². The number of fused-ring (bicyclic) bond motifs is 2. The zero-order valence-corrected chi connectivity index (χ0v) is 21.4. The molecule has 0 saturated heterocycles. The number of nitrogens with zero attached hydrogens (tertiary/aromatic N) is 6. The number of rotatable bonds is 5. The van der Waals surface area contributed by atoms with Crippen molar-refractivity contribution in [3.05, 3.63) is 108 Å². The van der Waals surface area contributed by atoms with E-state index in [1.165, 1.54) is 14.9 Å². The van der Waals surface area contributed by atoms with Crippen molar-refractivity contribution in [2.75, 3.05) is 5.01 Å². The lowest BCUT2D eigenvalue weighted by molar-refractivity contribution is -0.627. The Morgan fingerprint density at radius 1 is 0.694 bits per heavy atom. The fourth-order valence-electron chi connectivity index (χ4n) is 4.04. The molecular formula is C28H23N6S2+. The lowest BCUT2D eigenvalue weighted by Gasteiger charge is -2.18. The number of aromatic nitrogens is 2. The molecule has 0 bridgehead atoms. The highest BCUT2D eigenvalue weighted by atomic mass is 32.1. The molecule has 176 valence electrons. The molecule has 6 rings (SSSR count). The molecule has 2 aromatic heterocycles. The Balaban J connectivity index is 1.35. The van der Waals surface area contributed by atoms with Gasteiger partial charge < -0.3 is 4.57 Å². The fourth-order valence-corrected chi connectivity index (χ4v) is 6.02. The van der Waals surface area contributed by atoms with Gasteiger partial charge >= 0.3 is 5.13 Å². The van der Waals surface area contributed by atoms with Crippen LogP contribution in [0.1, 0.15) is 0 Å². The van der Waals surface area contributed by atoms with Crippen LogP contribution in [-0.4, -0.2) is 4.57 Å². The standard InChI is InChI=1S/C28H23N6S2/c1-32-23-12-6-8-14-25(23)35-27(32)30-29-20-16-18-22(19-17-20)34(21-10-4-3-5-11-21)31-28-33(2)24-13-7-9-15-26(24)36-28/h3-19H,1-2H3/q+1. The smallest absolute Gasteiger partial charge is 0.318 e. The first-order valence-electron chi connectivity index (χ1n) is 11.5. The van der Waals surface area contributed by atoms with E-state index in [0.717, 1.165) is 32.5 Å². The van der Waals surface area contributed by atoms with Crippen molar-refractivity contribution in [2.24, 2.45) is 29.4 Å². The monoisotopic (exact) mass is 507 g/mol. The third-order valence-corrected chi connectivity index (χ3v) is 8.17. The van der Waals surface area contributed by atoms with Crippen LogP contribution in [0, 0.1) is 0 Å². The second kappa shape index (κ2) is 9.49. The predicted molar refractivity (Wildman–Crippen MR) is 149 cm³/mol. The van der Waals surface area contributed by atoms with Crippen molar-refractivity contribution in [1.29, 1.82) is 0 Å². The molecular weight excluding hydrogens is 484 g/mol. The molecule has 4 aromatic carbocycles. The van der Waals surface area contributed by atoms with Gasteiger partial charge in [-0.1, -0.05) is 53.8 Å². The molecule has 6 nitrogen and oxygen atoms in total. The summed E-state index contributed by atoms with van der Waals surface area (Å²) < 4.78 is 6.60. The van der Waals surface area contributed by atoms with Crippen molar-refractivity contribution in [3.63, 3.8) is 0 Å². The first-order chi connectivity index (χ1) is 17.7. The van der Waals surface area contributed by atoms with E-state index in [9.17, 15) is 0 Å². The Hall–Kier alpha value is -4.14. The van der Waals surface area contributed by atoms with Crippen LogP contribution in [0.25, 0.3) is 20.4 Å². The van der Waals surface area contributed by atoms with E-state index >= 15 is 0 Å². The summed E-state index contributed by atoms with van der Waals surface area (Å²) in [6.45, 7) is 0. The lowest BCUT2D eigenvalue weighted by atomic mass is 10.2. The molecule has 0 aliphatic heterocycles. The van der Waals surface area contributed by atoms with Gasteiger partial charge in [-0.25, -0.2) is 9.58 Å². The summed E-state index contributed by atoms with van der Waals surface area (Å²) in [6.07, 6.45) is 0. The Bertz CT molecular complexity index is 1760. The van der Waals surface area contributed by atoms with E-state index < -0.39 is 0 Å². The van der Waals surface area contributed by atoms with E-state index in [0.29, 0.717) is 0 Å². The van der Waals surface area contributed by atoms with Crippen molar-refractivity contribution in [2.45, 2.75) is 0 Å². The van der Waals surface area contributed by atoms with Gasteiger partial charge in [-0.2, -0.15) is 0 Å². The summed E-state index contributed by atoms with van der Waals surface area (Å²) in [5.41, 5.74) is 5.05. The molecule has 0 N–H and O–H groups in total. The summed E-state index contributed by atoms with van der Waals surface area (Å²) >= 11 is 3.30. The van der Waals surface area contributed by atoms with Crippen LogP contribution in [0.3, 0.4) is 0 Å². The Labute approximate surface area is 216 Å². The van der Waals surface area contributed by atoms with Crippen molar-refractivity contribution >= 4 is 65.3 Å². The summed E-state index contributed by atoms with van der Waals surface area (Å²) in [7, 11) is 4.07. The van der Waals surface area contributed by atoms with Gasteiger partial charge in [0.15, 0.2) is 0 Å². The van der Waals surface area contributed by atoms with E-state index in [-0.39, 0.29) is 0 Å². The zero-order chi connectivity index (χ0) is 24.5. The number of aryl methyl sites for hydroxylation is 2. The van der Waals surface area contributed by atoms with Crippen molar-refractivity contribution in [3.8, 4) is 0 Å². The largest absolute Gasteiger partial charge is 0.409 e. The maximum absolute atomic E-state index is 5.05. The maximum atomic E-state index is 5.05.